The highest BCUT2D eigenvalue weighted by Crippen LogP contribution is 2.15. The molecule has 80 valence electrons. The lowest BCUT2D eigenvalue weighted by atomic mass is 10.2. The Morgan fingerprint density at radius 3 is 3.13 bits per heavy atom. The summed E-state index contributed by atoms with van der Waals surface area (Å²) < 4.78 is 0. The highest BCUT2D eigenvalue weighted by molar-refractivity contribution is 7.12. The zero-order chi connectivity index (χ0) is 10.8. The minimum Gasteiger partial charge on any atom is -0.353 e. The molecule has 1 fully saturated rings. The maximum Gasteiger partial charge on any atom is 0.264 e. The van der Waals surface area contributed by atoms with Crippen LogP contribution in [0.2, 0.25) is 0 Å². The van der Waals surface area contributed by atoms with Gasteiger partial charge in [-0.2, -0.15) is 0 Å². The first-order valence-corrected chi connectivity index (χ1v) is 5.70. The molecule has 0 saturated carbocycles. The van der Waals surface area contributed by atoms with E-state index >= 15 is 0 Å². The maximum atomic E-state index is 12.0. The molecule has 2 heterocycles. The molecule has 2 amide bonds. The molecule has 1 aliphatic rings. The Bertz CT molecular complexity index is 375. The van der Waals surface area contributed by atoms with Crippen molar-refractivity contribution in [3.8, 4) is 0 Å². The third-order valence-electron chi connectivity index (χ3n) is 2.49. The highest BCUT2D eigenvalue weighted by Gasteiger charge is 2.29. The smallest absolute Gasteiger partial charge is 0.264 e. The molecule has 0 unspecified atom stereocenters. The monoisotopic (exact) mass is 224 g/mol. The summed E-state index contributed by atoms with van der Waals surface area (Å²) in [7, 11) is 0. The molecule has 0 radical (unpaired) electrons. The molecule has 4 nitrogen and oxygen atoms in total. The predicted molar refractivity (Wildman–Crippen MR) is 57.8 cm³/mol. The van der Waals surface area contributed by atoms with E-state index in [9.17, 15) is 9.59 Å². The van der Waals surface area contributed by atoms with Crippen molar-refractivity contribution < 1.29 is 9.59 Å². The topological polar surface area (TPSA) is 49.4 Å². The molecule has 0 aliphatic carbocycles. The normalized spacial score (nSPS) is 21.3. The van der Waals surface area contributed by atoms with Gasteiger partial charge in [0.2, 0.25) is 5.91 Å². The molecule has 0 bridgehead atoms. The quantitative estimate of drug-likeness (QED) is 0.763. The third kappa shape index (κ3) is 1.87. The van der Waals surface area contributed by atoms with E-state index in [0.29, 0.717) is 18.0 Å². The summed E-state index contributed by atoms with van der Waals surface area (Å²) in [6.45, 7) is 2.88. The van der Waals surface area contributed by atoms with E-state index in [0.717, 1.165) is 0 Å². The van der Waals surface area contributed by atoms with Gasteiger partial charge in [0.25, 0.3) is 5.91 Å². The van der Waals surface area contributed by atoms with Crippen LogP contribution in [-0.2, 0) is 4.79 Å². The number of piperazine rings is 1. The molecule has 1 atom stereocenters. The van der Waals surface area contributed by atoms with Crippen molar-refractivity contribution in [3.63, 3.8) is 0 Å². The van der Waals surface area contributed by atoms with E-state index in [1.807, 2.05) is 11.4 Å². The summed E-state index contributed by atoms with van der Waals surface area (Å²) in [5, 5.41) is 4.60. The molecule has 1 saturated heterocycles. The summed E-state index contributed by atoms with van der Waals surface area (Å²) in [6.07, 6.45) is 0. The second-order valence-electron chi connectivity index (χ2n) is 3.44. The minimum absolute atomic E-state index is 0.0487. The number of nitrogens with zero attached hydrogens (tertiary/aromatic N) is 1. The SMILES string of the molecule is C[C@@H]1C(=O)NCCN1C(=O)c1cccs1. The molecule has 1 aromatic rings. The lowest BCUT2D eigenvalue weighted by Gasteiger charge is -2.32. The number of carbonyl (C=O) groups is 2. The summed E-state index contributed by atoms with van der Waals surface area (Å²) >= 11 is 1.41. The number of rotatable bonds is 1. The molecule has 5 heteroatoms. The average molecular weight is 224 g/mol. The number of nitrogens with one attached hydrogen (secondary N) is 1. The van der Waals surface area contributed by atoms with Gasteiger partial charge in [-0.25, -0.2) is 0 Å². The third-order valence-corrected chi connectivity index (χ3v) is 3.35. The van der Waals surface area contributed by atoms with E-state index in [1.54, 1.807) is 17.9 Å². The van der Waals surface area contributed by atoms with Gasteiger partial charge in [-0.1, -0.05) is 6.07 Å². The van der Waals surface area contributed by atoms with Crippen LogP contribution >= 0.6 is 11.3 Å². The van der Waals surface area contributed by atoms with Crippen LogP contribution in [0.3, 0.4) is 0 Å². The Morgan fingerprint density at radius 1 is 1.67 bits per heavy atom. The molecule has 1 aromatic heterocycles. The van der Waals surface area contributed by atoms with Crippen molar-refractivity contribution in [3.05, 3.63) is 22.4 Å². The van der Waals surface area contributed by atoms with Gasteiger partial charge >= 0.3 is 0 Å². The van der Waals surface area contributed by atoms with E-state index < -0.39 is 0 Å². The zero-order valence-corrected chi connectivity index (χ0v) is 9.21. The van der Waals surface area contributed by atoms with Gasteiger partial charge in [-0.3, -0.25) is 9.59 Å². The first kappa shape index (κ1) is 10.2. The van der Waals surface area contributed by atoms with Crippen LogP contribution in [0.1, 0.15) is 16.6 Å². The fraction of sp³-hybridized carbons (Fsp3) is 0.400. The Balaban J connectivity index is 2.16. The summed E-state index contributed by atoms with van der Waals surface area (Å²) in [6, 6.07) is 3.26. The van der Waals surface area contributed by atoms with Crippen LogP contribution in [0.5, 0.6) is 0 Å². The second kappa shape index (κ2) is 4.02. The van der Waals surface area contributed by atoms with Crippen LogP contribution in [0.4, 0.5) is 0 Å². The first-order chi connectivity index (χ1) is 7.20. The molecular weight excluding hydrogens is 212 g/mol. The Labute approximate surface area is 91.9 Å². The molecule has 15 heavy (non-hydrogen) atoms. The summed E-state index contributed by atoms with van der Waals surface area (Å²) in [5.41, 5.74) is 0. The number of hydrogen-bond donors (Lipinski definition) is 1. The number of carbonyl (C=O) groups excluding carboxylic acids is 2. The molecule has 0 aromatic carbocycles. The van der Waals surface area contributed by atoms with E-state index in [1.165, 1.54) is 11.3 Å². The van der Waals surface area contributed by atoms with Gasteiger partial charge in [0, 0.05) is 13.1 Å². The van der Waals surface area contributed by atoms with Crippen molar-refractivity contribution in [1.82, 2.24) is 10.2 Å². The average Bonchev–Trinajstić information content (AvgIpc) is 2.74. The Kier molecular flexibility index (Phi) is 2.73. The molecule has 2 rings (SSSR count). The lowest BCUT2D eigenvalue weighted by molar-refractivity contribution is -0.127. The van der Waals surface area contributed by atoms with Gasteiger partial charge < -0.3 is 10.2 Å². The van der Waals surface area contributed by atoms with Crippen LogP contribution < -0.4 is 5.32 Å². The predicted octanol–water partition coefficient (Wildman–Crippen LogP) is 0.709. The van der Waals surface area contributed by atoms with Crippen LogP contribution in [0.25, 0.3) is 0 Å². The highest BCUT2D eigenvalue weighted by atomic mass is 32.1. The van der Waals surface area contributed by atoms with Gasteiger partial charge in [0.1, 0.15) is 6.04 Å². The van der Waals surface area contributed by atoms with Gasteiger partial charge in [-0.05, 0) is 18.4 Å². The fourth-order valence-electron chi connectivity index (χ4n) is 1.60. The van der Waals surface area contributed by atoms with Crippen molar-refractivity contribution in [1.29, 1.82) is 0 Å². The van der Waals surface area contributed by atoms with Crippen LogP contribution in [0, 0.1) is 0 Å². The van der Waals surface area contributed by atoms with Crippen molar-refractivity contribution in [2.24, 2.45) is 0 Å². The summed E-state index contributed by atoms with van der Waals surface area (Å²) in [4.78, 5) is 25.7. The molecule has 0 spiro atoms. The second-order valence-corrected chi connectivity index (χ2v) is 4.39. The maximum absolute atomic E-state index is 12.0. The standard InChI is InChI=1S/C10H12N2O2S/c1-7-9(13)11-4-5-12(7)10(14)8-3-2-6-15-8/h2-3,6-7H,4-5H2,1H3,(H,11,13)/t7-/m1/s1. The number of thiophene rings is 1. The largest absolute Gasteiger partial charge is 0.353 e. The Morgan fingerprint density at radius 2 is 2.47 bits per heavy atom. The number of hydrogen-bond acceptors (Lipinski definition) is 3. The number of amides is 2. The fourth-order valence-corrected chi connectivity index (χ4v) is 2.28. The molecule has 1 N–H and O–H groups in total. The van der Waals surface area contributed by atoms with Crippen LogP contribution in [0.15, 0.2) is 17.5 Å². The van der Waals surface area contributed by atoms with Gasteiger partial charge in [0.15, 0.2) is 0 Å². The van der Waals surface area contributed by atoms with E-state index in [4.69, 9.17) is 0 Å². The Hall–Kier alpha value is -1.36. The van der Waals surface area contributed by atoms with Gasteiger partial charge in [-0.15, -0.1) is 11.3 Å². The first-order valence-electron chi connectivity index (χ1n) is 4.82. The van der Waals surface area contributed by atoms with E-state index in [-0.39, 0.29) is 17.9 Å². The lowest BCUT2D eigenvalue weighted by Crippen LogP contribution is -2.55. The summed E-state index contributed by atoms with van der Waals surface area (Å²) in [5.74, 6) is -0.126. The zero-order valence-electron chi connectivity index (χ0n) is 8.40. The van der Waals surface area contributed by atoms with Crippen molar-refractivity contribution in [2.75, 3.05) is 13.1 Å². The van der Waals surface area contributed by atoms with E-state index in [2.05, 4.69) is 5.32 Å². The van der Waals surface area contributed by atoms with Gasteiger partial charge in [0.05, 0.1) is 4.88 Å². The molecular formula is C10H12N2O2S. The van der Waals surface area contributed by atoms with Crippen LogP contribution in [-0.4, -0.2) is 35.8 Å². The molecule has 1 aliphatic heterocycles. The van der Waals surface area contributed by atoms with Crippen molar-refractivity contribution >= 4 is 23.2 Å². The minimum atomic E-state index is -0.367. The van der Waals surface area contributed by atoms with Crippen molar-refractivity contribution in [2.45, 2.75) is 13.0 Å².